The van der Waals surface area contributed by atoms with E-state index in [4.69, 9.17) is 15.9 Å². The van der Waals surface area contributed by atoms with Gasteiger partial charge in [-0.3, -0.25) is 14.6 Å². The van der Waals surface area contributed by atoms with Crippen LogP contribution in [0.1, 0.15) is 12.8 Å². The Balaban J connectivity index is 0.000000203. The van der Waals surface area contributed by atoms with Crippen LogP contribution in [-0.2, 0) is 9.59 Å². The number of pyridine rings is 1. The highest BCUT2D eigenvalue weighted by Crippen LogP contribution is 2.18. The Kier molecular flexibility index (Phi) is 5.28. The Morgan fingerprint density at radius 1 is 1.11 bits per heavy atom. The standard InChI is InChI=1S/C9H8N2.C4H6O4/c10-9-3-1-2-7-6-11-5-4-8(7)9;5-3(6)1-2-4(7)8/h1-6H,10H2;1-2H2,(H,5,6)(H,7,8). The first-order valence-corrected chi connectivity index (χ1v) is 5.52. The molecule has 0 atom stereocenters. The Morgan fingerprint density at radius 2 is 1.74 bits per heavy atom. The van der Waals surface area contributed by atoms with Crippen LogP contribution in [0, 0.1) is 0 Å². The second kappa shape index (κ2) is 6.95. The summed E-state index contributed by atoms with van der Waals surface area (Å²) < 4.78 is 0. The lowest BCUT2D eigenvalue weighted by atomic mass is 10.1. The van der Waals surface area contributed by atoms with Crippen molar-refractivity contribution in [3.8, 4) is 0 Å². The van der Waals surface area contributed by atoms with Crippen LogP contribution in [-0.4, -0.2) is 27.1 Å². The zero-order chi connectivity index (χ0) is 14.3. The van der Waals surface area contributed by atoms with E-state index in [2.05, 4.69) is 4.98 Å². The van der Waals surface area contributed by atoms with Crippen molar-refractivity contribution in [3.63, 3.8) is 0 Å². The van der Waals surface area contributed by atoms with Crippen molar-refractivity contribution in [2.75, 3.05) is 5.73 Å². The molecule has 0 fully saturated rings. The average Bonchev–Trinajstić information content (AvgIpc) is 2.38. The first-order chi connectivity index (χ1) is 9.00. The van der Waals surface area contributed by atoms with E-state index < -0.39 is 11.9 Å². The van der Waals surface area contributed by atoms with Crippen molar-refractivity contribution in [3.05, 3.63) is 36.7 Å². The molecule has 0 saturated heterocycles. The molecule has 0 aliphatic carbocycles. The van der Waals surface area contributed by atoms with Crippen LogP contribution in [0.3, 0.4) is 0 Å². The lowest BCUT2D eigenvalue weighted by molar-refractivity contribution is -0.143. The highest BCUT2D eigenvalue weighted by atomic mass is 16.4. The van der Waals surface area contributed by atoms with Crippen molar-refractivity contribution < 1.29 is 19.8 Å². The van der Waals surface area contributed by atoms with Gasteiger partial charge in [0.2, 0.25) is 0 Å². The highest BCUT2D eigenvalue weighted by Gasteiger charge is 2.00. The SMILES string of the molecule is Nc1cccc2cnccc12.O=C(O)CCC(=O)O. The molecule has 0 spiro atoms. The third kappa shape index (κ3) is 5.03. The summed E-state index contributed by atoms with van der Waals surface area (Å²) in [5.41, 5.74) is 6.54. The summed E-state index contributed by atoms with van der Waals surface area (Å²) in [6, 6.07) is 7.74. The van der Waals surface area contributed by atoms with Gasteiger partial charge >= 0.3 is 11.9 Å². The molecule has 19 heavy (non-hydrogen) atoms. The van der Waals surface area contributed by atoms with Crippen LogP contribution in [0.15, 0.2) is 36.7 Å². The summed E-state index contributed by atoms with van der Waals surface area (Å²) in [7, 11) is 0. The molecule has 1 aromatic carbocycles. The summed E-state index contributed by atoms with van der Waals surface area (Å²) in [5.74, 6) is -2.15. The summed E-state index contributed by atoms with van der Waals surface area (Å²) in [4.78, 5) is 23.3. The first kappa shape index (κ1) is 14.4. The fourth-order valence-electron chi connectivity index (χ4n) is 1.36. The van der Waals surface area contributed by atoms with E-state index in [0.29, 0.717) is 0 Å². The van der Waals surface area contributed by atoms with Crippen LogP contribution in [0.4, 0.5) is 5.69 Å². The molecule has 2 aromatic rings. The number of rotatable bonds is 3. The van der Waals surface area contributed by atoms with E-state index >= 15 is 0 Å². The number of carboxylic acid groups (broad SMARTS) is 2. The molecule has 100 valence electrons. The Morgan fingerprint density at radius 3 is 2.26 bits per heavy atom. The number of carboxylic acids is 2. The van der Waals surface area contributed by atoms with Crippen molar-refractivity contribution in [2.24, 2.45) is 0 Å². The molecule has 0 radical (unpaired) electrons. The van der Waals surface area contributed by atoms with Gasteiger partial charge in [-0.15, -0.1) is 0 Å². The third-order valence-corrected chi connectivity index (χ3v) is 2.27. The number of fused-ring (bicyclic) bond motifs is 1. The Bertz CT molecular complexity index is 564. The number of aromatic nitrogens is 1. The van der Waals surface area contributed by atoms with Crippen molar-refractivity contribution in [1.82, 2.24) is 4.98 Å². The monoisotopic (exact) mass is 262 g/mol. The van der Waals surface area contributed by atoms with Crippen LogP contribution in [0.25, 0.3) is 10.8 Å². The lowest BCUT2D eigenvalue weighted by Crippen LogP contribution is -2.00. The molecule has 0 bridgehead atoms. The molecule has 0 unspecified atom stereocenters. The van der Waals surface area contributed by atoms with Crippen molar-refractivity contribution in [2.45, 2.75) is 12.8 Å². The second-order valence-electron chi connectivity index (χ2n) is 3.73. The molecule has 0 aliphatic rings. The van der Waals surface area contributed by atoms with E-state index in [9.17, 15) is 9.59 Å². The number of hydrogen-bond acceptors (Lipinski definition) is 4. The van der Waals surface area contributed by atoms with Gasteiger partial charge in [0.1, 0.15) is 0 Å². The van der Waals surface area contributed by atoms with Crippen LogP contribution >= 0.6 is 0 Å². The maximum absolute atomic E-state index is 9.64. The van der Waals surface area contributed by atoms with Gasteiger partial charge in [0, 0.05) is 28.9 Å². The summed E-state index contributed by atoms with van der Waals surface area (Å²) in [5, 5.41) is 18.0. The smallest absolute Gasteiger partial charge is 0.303 e. The van der Waals surface area contributed by atoms with E-state index in [1.807, 2.05) is 30.5 Å². The van der Waals surface area contributed by atoms with Crippen LogP contribution in [0.5, 0.6) is 0 Å². The minimum atomic E-state index is -1.08. The van der Waals surface area contributed by atoms with Gasteiger partial charge in [-0.1, -0.05) is 12.1 Å². The van der Waals surface area contributed by atoms with E-state index in [-0.39, 0.29) is 12.8 Å². The number of hydrogen-bond donors (Lipinski definition) is 3. The average molecular weight is 262 g/mol. The number of aliphatic carboxylic acids is 2. The number of nitrogens with zero attached hydrogens (tertiary/aromatic N) is 1. The molecule has 0 aliphatic heterocycles. The zero-order valence-electron chi connectivity index (χ0n) is 10.1. The Hall–Kier alpha value is -2.63. The van der Waals surface area contributed by atoms with Crippen molar-refractivity contribution in [1.29, 1.82) is 0 Å². The van der Waals surface area contributed by atoms with Gasteiger partial charge in [-0.05, 0) is 12.1 Å². The summed E-state index contributed by atoms with van der Waals surface area (Å²) in [6.07, 6.45) is 2.97. The van der Waals surface area contributed by atoms with E-state index in [1.54, 1.807) is 6.20 Å². The zero-order valence-corrected chi connectivity index (χ0v) is 10.1. The van der Waals surface area contributed by atoms with E-state index in [0.717, 1.165) is 16.5 Å². The normalized spacial score (nSPS) is 9.47. The number of nitrogens with two attached hydrogens (primary N) is 1. The maximum atomic E-state index is 9.64. The molecular formula is C13H14N2O4. The second-order valence-corrected chi connectivity index (χ2v) is 3.73. The molecule has 1 heterocycles. The van der Waals surface area contributed by atoms with Gasteiger partial charge < -0.3 is 15.9 Å². The molecular weight excluding hydrogens is 248 g/mol. The van der Waals surface area contributed by atoms with Gasteiger partial charge in [0.15, 0.2) is 0 Å². The first-order valence-electron chi connectivity index (χ1n) is 5.52. The maximum Gasteiger partial charge on any atom is 0.303 e. The van der Waals surface area contributed by atoms with Gasteiger partial charge in [0.25, 0.3) is 0 Å². The van der Waals surface area contributed by atoms with Crippen molar-refractivity contribution >= 4 is 28.4 Å². The minimum Gasteiger partial charge on any atom is -0.481 e. The number of carbonyl (C=O) groups is 2. The molecule has 0 saturated carbocycles. The Labute approximate surface area is 109 Å². The van der Waals surface area contributed by atoms with Gasteiger partial charge in [-0.2, -0.15) is 0 Å². The molecule has 4 N–H and O–H groups in total. The minimum absolute atomic E-state index is 0.296. The van der Waals surface area contributed by atoms with Crippen LogP contribution < -0.4 is 5.73 Å². The lowest BCUT2D eigenvalue weighted by Gasteiger charge is -1.98. The molecule has 2 rings (SSSR count). The predicted octanol–water partition coefficient (Wildman–Crippen LogP) is 1.75. The third-order valence-electron chi connectivity index (χ3n) is 2.27. The predicted molar refractivity (Wildman–Crippen MR) is 70.7 cm³/mol. The molecule has 1 aromatic heterocycles. The summed E-state index contributed by atoms with van der Waals surface area (Å²) in [6.45, 7) is 0. The van der Waals surface area contributed by atoms with Gasteiger partial charge in [-0.25, -0.2) is 0 Å². The number of benzene rings is 1. The highest BCUT2D eigenvalue weighted by molar-refractivity contribution is 5.91. The fraction of sp³-hybridized carbons (Fsp3) is 0.154. The van der Waals surface area contributed by atoms with E-state index in [1.165, 1.54) is 0 Å². The largest absolute Gasteiger partial charge is 0.481 e. The topological polar surface area (TPSA) is 114 Å². The number of anilines is 1. The summed E-state index contributed by atoms with van der Waals surface area (Å²) >= 11 is 0. The quantitative estimate of drug-likeness (QED) is 0.726. The number of nitrogen functional groups attached to an aromatic ring is 1. The molecule has 6 heteroatoms. The fourth-order valence-corrected chi connectivity index (χ4v) is 1.36. The molecule has 6 nitrogen and oxygen atoms in total. The van der Waals surface area contributed by atoms with Crippen LogP contribution in [0.2, 0.25) is 0 Å². The molecule has 0 amide bonds. The van der Waals surface area contributed by atoms with Gasteiger partial charge in [0.05, 0.1) is 12.8 Å².